The summed E-state index contributed by atoms with van der Waals surface area (Å²) < 4.78 is 6.54. The summed E-state index contributed by atoms with van der Waals surface area (Å²) in [6.07, 6.45) is 1.93. The first-order valence-electron chi connectivity index (χ1n) is 17.8. The Morgan fingerprint density at radius 1 is 0.462 bits per heavy atom. The van der Waals surface area contributed by atoms with Gasteiger partial charge in [0.15, 0.2) is 0 Å². The van der Waals surface area contributed by atoms with Crippen LogP contribution < -0.4 is 0 Å². The molecule has 0 radical (unpaired) electrons. The SMILES string of the molecule is c1ccc2c(c1)-c1ccccc1C21c2ccccc2-c2ccc(-n3c4ccccc4c4c5sc6ccccc6c5c5c6cccnc6sc5c43)cc21. The highest BCUT2D eigenvalue weighted by Crippen LogP contribution is 2.63. The van der Waals surface area contributed by atoms with Crippen molar-refractivity contribution in [2.75, 3.05) is 0 Å². The van der Waals surface area contributed by atoms with Gasteiger partial charge in [-0.15, -0.1) is 22.7 Å². The third kappa shape index (κ3) is 3.13. The van der Waals surface area contributed by atoms with Crippen LogP contribution in [-0.4, -0.2) is 9.55 Å². The molecule has 0 aliphatic heterocycles. The third-order valence-electron chi connectivity index (χ3n) is 11.9. The number of aromatic nitrogens is 2. The van der Waals surface area contributed by atoms with Gasteiger partial charge >= 0.3 is 0 Å². The quantitative estimate of drug-likeness (QED) is 0.167. The van der Waals surface area contributed by atoms with Crippen LogP contribution in [0.4, 0.5) is 0 Å². The van der Waals surface area contributed by atoms with Gasteiger partial charge in [-0.25, -0.2) is 4.98 Å². The molecule has 2 aliphatic carbocycles. The van der Waals surface area contributed by atoms with Crippen molar-refractivity contribution in [3.8, 4) is 27.9 Å². The molecule has 13 rings (SSSR count). The zero-order valence-corrected chi connectivity index (χ0v) is 29.4. The molecule has 4 heterocycles. The Morgan fingerprint density at radius 2 is 1.06 bits per heavy atom. The van der Waals surface area contributed by atoms with Crippen molar-refractivity contribution >= 4 is 85.0 Å². The number of thiophene rings is 2. The molecule has 0 unspecified atom stereocenters. The predicted octanol–water partition coefficient (Wildman–Crippen LogP) is 13.3. The second kappa shape index (κ2) is 9.62. The van der Waals surface area contributed by atoms with Crippen molar-refractivity contribution in [1.29, 1.82) is 0 Å². The highest BCUT2D eigenvalue weighted by atomic mass is 32.1. The maximum atomic E-state index is 4.93. The molecule has 7 aromatic carbocycles. The monoisotopic (exact) mass is 694 g/mol. The fourth-order valence-electron chi connectivity index (χ4n) is 9.99. The number of para-hydroxylation sites is 1. The molecule has 240 valence electrons. The summed E-state index contributed by atoms with van der Waals surface area (Å²) in [5.41, 5.74) is 14.0. The van der Waals surface area contributed by atoms with E-state index in [9.17, 15) is 0 Å². The third-order valence-corrected chi connectivity index (χ3v) is 14.2. The maximum absolute atomic E-state index is 4.93. The summed E-state index contributed by atoms with van der Waals surface area (Å²) in [7, 11) is 0. The fraction of sp³-hybridized carbons (Fsp3) is 0.0208. The van der Waals surface area contributed by atoms with Crippen molar-refractivity contribution in [2.45, 2.75) is 5.41 Å². The van der Waals surface area contributed by atoms with E-state index in [-0.39, 0.29) is 0 Å². The molecule has 4 heteroatoms. The smallest absolute Gasteiger partial charge is 0.124 e. The van der Waals surface area contributed by atoms with Gasteiger partial charge in [-0.3, -0.25) is 0 Å². The van der Waals surface area contributed by atoms with Gasteiger partial charge in [-0.2, -0.15) is 0 Å². The number of pyridine rings is 1. The lowest BCUT2D eigenvalue weighted by atomic mass is 9.70. The standard InChI is InChI=1S/C48H26N2S2/c1-6-18-35-28(12-1)29-13-2-7-19-36(29)48(35)37-20-8-3-14-30(37)31-24-23-27(26-38(31)48)50-39-21-9-4-15-32(39)43-44(50)46-42(34-17-11-25-49-47(34)52-46)41-33-16-5-10-22-40(33)51-45(41)43/h1-26H. The molecule has 0 saturated carbocycles. The first-order chi connectivity index (χ1) is 25.8. The fourth-order valence-corrected chi connectivity index (χ4v) is 12.5. The number of hydrogen-bond acceptors (Lipinski definition) is 3. The molecular weight excluding hydrogens is 669 g/mol. The van der Waals surface area contributed by atoms with Gasteiger partial charge in [0.1, 0.15) is 4.83 Å². The highest BCUT2D eigenvalue weighted by molar-refractivity contribution is 7.29. The Morgan fingerprint density at radius 3 is 1.81 bits per heavy atom. The van der Waals surface area contributed by atoms with Gasteiger partial charge in [-0.05, 0) is 80.9 Å². The van der Waals surface area contributed by atoms with Crippen molar-refractivity contribution in [3.63, 3.8) is 0 Å². The first kappa shape index (κ1) is 27.6. The number of rotatable bonds is 1. The summed E-state index contributed by atoms with van der Waals surface area (Å²) >= 11 is 3.75. The van der Waals surface area contributed by atoms with Gasteiger partial charge in [0, 0.05) is 53.6 Å². The van der Waals surface area contributed by atoms with Crippen molar-refractivity contribution in [1.82, 2.24) is 9.55 Å². The minimum absolute atomic E-state index is 0.399. The van der Waals surface area contributed by atoms with Gasteiger partial charge in [-0.1, -0.05) is 115 Å². The van der Waals surface area contributed by atoms with E-state index in [0.717, 1.165) is 4.83 Å². The highest BCUT2D eigenvalue weighted by Gasteiger charge is 2.51. The zero-order valence-electron chi connectivity index (χ0n) is 27.7. The molecule has 2 aliphatic rings. The minimum Gasteiger partial charge on any atom is -0.308 e. The zero-order chi connectivity index (χ0) is 33.7. The Bertz CT molecular complexity index is 3310. The van der Waals surface area contributed by atoms with E-state index in [0.29, 0.717) is 0 Å². The predicted molar refractivity (Wildman–Crippen MR) is 221 cm³/mol. The molecule has 0 bridgehead atoms. The van der Waals surface area contributed by atoms with Crippen LogP contribution in [-0.2, 0) is 5.41 Å². The van der Waals surface area contributed by atoms with Crippen LogP contribution >= 0.6 is 22.7 Å². The molecule has 52 heavy (non-hydrogen) atoms. The summed E-state index contributed by atoms with van der Waals surface area (Å²) in [6, 6.07) is 56.8. The summed E-state index contributed by atoms with van der Waals surface area (Å²) in [5.74, 6) is 0. The summed E-state index contributed by atoms with van der Waals surface area (Å²) in [4.78, 5) is 6.01. The molecular formula is C48H26N2S2. The average molecular weight is 695 g/mol. The van der Waals surface area contributed by atoms with E-state index in [1.165, 1.54) is 108 Å². The van der Waals surface area contributed by atoms with Crippen LogP contribution in [0.5, 0.6) is 0 Å². The number of fused-ring (bicyclic) bond motifs is 22. The molecule has 0 amide bonds. The Kier molecular flexibility index (Phi) is 5.11. The van der Waals surface area contributed by atoms with Crippen LogP contribution in [0.15, 0.2) is 158 Å². The Hall–Kier alpha value is -6.07. The van der Waals surface area contributed by atoms with Gasteiger partial charge in [0.2, 0.25) is 0 Å². The van der Waals surface area contributed by atoms with Crippen LogP contribution in [0.2, 0.25) is 0 Å². The van der Waals surface area contributed by atoms with E-state index in [4.69, 9.17) is 4.98 Å². The van der Waals surface area contributed by atoms with Gasteiger partial charge < -0.3 is 4.57 Å². The largest absolute Gasteiger partial charge is 0.308 e. The molecule has 0 atom stereocenters. The van der Waals surface area contributed by atoms with E-state index < -0.39 is 5.41 Å². The lowest BCUT2D eigenvalue weighted by molar-refractivity contribution is 0.792. The van der Waals surface area contributed by atoms with E-state index in [1.807, 2.05) is 28.9 Å². The van der Waals surface area contributed by atoms with Crippen LogP contribution in [0.25, 0.3) is 90.2 Å². The summed E-state index contributed by atoms with van der Waals surface area (Å²) in [5, 5.41) is 7.86. The van der Waals surface area contributed by atoms with Gasteiger partial charge in [0.05, 0.1) is 21.1 Å². The summed E-state index contributed by atoms with van der Waals surface area (Å²) in [6.45, 7) is 0. The number of hydrogen-bond donors (Lipinski definition) is 0. The Balaban J connectivity index is 1.22. The van der Waals surface area contributed by atoms with E-state index >= 15 is 0 Å². The second-order valence-corrected chi connectivity index (χ2v) is 16.2. The Labute approximate surface area is 306 Å². The lowest BCUT2D eigenvalue weighted by Crippen LogP contribution is -2.26. The molecule has 0 fully saturated rings. The van der Waals surface area contributed by atoms with Crippen molar-refractivity contribution in [3.05, 3.63) is 180 Å². The van der Waals surface area contributed by atoms with E-state index in [1.54, 1.807) is 0 Å². The molecule has 0 saturated heterocycles. The normalized spacial score (nSPS) is 13.9. The molecule has 11 aromatic rings. The van der Waals surface area contributed by atoms with Gasteiger partial charge in [0.25, 0.3) is 0 Å². The van der Waals surface area contributed by atoms with E-state index in [2.05, 4.69) is 156 Å². The first-order valence-corrected chi connectivity index (χ1v) is 19.4. The number of nitrogens with zero attached hydrogens (tertiary/aromatic N) is 2. The van der Waals surface area contributed by atoms with Crippen LogP contribution in [0.1, 0.15) is 22.3 Å². The molecule has 2 nitrogen and oxygen atoms in total. The second-order valence-electron chi connectivity index (χ2n) is 14.2. The minimum atomic E-state index is -0.399. The topological polar surface area (TPSA) is 17.8 Å². The average Bonchev–Trinajstić information content (AvgIpc) is 3.99. The maximum Gasteiger partial charge on any atom is 0.124 e. The van der Waals surface area contributed by atoms with Crippen molar-refractivity contribution < 1.29 is 0 Å². The molecule has 4 aromatic heterocycles. The lowest BCUT2D eigenvalue weighted by Gasteiger charge is -2.30. The molecule has 0 N–H and O–H groups in total. The molecule has 1 spiro atoms. The van der Waals surface area contributed by atoms with Crippen LogP contribution in [0, 0.1) is 0 Å². The van der Waals surface area contributed by atoms with Crippen LogP contribution in [0.3, 0.4) is 0 Å². The number of benzene rings is 7. The van der Waals surface area contributed by atoms with Crippen molar-refractivity contribution in [2.24, 2.45) is 0 Å².